The second-order valence-corrected chi connectivity index (χ2v) is 10.1. The molecular formula is C28H34O16. The monoisotopic (exact) mass is 626 g/mol. The Morgan fingerprint density at radius 1 is 0.773 bits per heavy atom. The normalized spacial score (nSPS) is 30.7. The van der Waals surface area contributed by atoms with Gasteiger partial charge in [-0.15, -0.1) is 0 Å². The van der Waals surface area contributed by atoms with E-state index in [1.54, 1.807) is 6.07 Å². The first-order valence-corrected chi connectivity index (χ1v) is 13.5. The van der Waals surface area contributed by atoms with Crippen molar-refractivity contribution in [3.05, 3.63) is 28.4 Å². The van der Waals surface area contributed by atoms with Crippen LogP contribution in [0.4, 0.5) is 0 Å². The van der Waals surface area contributed by atoms with Crippen molar-refractivity contribution >= 4 is 21.9 Å². The van der Waals surface area contributed by atoms with Crippen molar-refractivity contribution in [1.82, 2.24) is 0 Å². The lowest BCUT2D eigenvalue weighted by atomic mass is 9.99. The lowest BCUT2D eigenvalue weighted by Gasteiger charge is -2.41. The molecular weight excluding hydrogens is 592 g/mol. The maximum Gasteiger partial charge on any atom is 0.229 e. The van der Waals surface area contributed by atoms with E-state index in [1.807, 2.05) is 0 Å². The molecule has 0 bridgehead atoms. The number of methoxy groups -OCH3 is 4. The summed E-state index contributed by atoms with van der Waals surface area (Å²) < 4.78 is 50.3. The van der Waals surface area contributed by atoms with E-state index in [2.05, 4.69) is 0 Å². The van der Waals surface area contributed by atoms with Crippen LogP contribution in [0.1, 0.15) is 0 Å². The van der Waals surface area contributed by atoms with Gasteiger partial charge in [-0.25, -0.2) is 0 Å². The summed E-state index contributed by atoms with van der Waals surface area (Å²) in [6.45, 7) is -0.856. The fraction of sp³-hybridized carbons (Fsp3) is 0.536. The van der Waals surface area contributed by atoms with Crippen LogP contribution in [0.2, 0.25) is 0 Å². The molecule has 9 unspecified atom stereocenters. The fourth-order valence-electron chi connectivity index (χ4n) is 5.14. The molecule has 16 nitrogen and oxygen atoms in total. The Labute approximate surface area is 249 Å². The molecule has 2 aliphatic rings. The van der Waals surface area contributed by atoms with Gasteiger partial charge in [0.15, 0.2) is 17.6 Å². The zero-order valence-electron chi connectivity index (χ0n) is 24.1. The summed E-state index contributed by atoms with van der Waals surface area (Å²) in [5.41, 5.74) is -0.489. The Hall–Kier alpha value is -3.45. The van der Waals surface area contributed by atoms with E-state index in [0.717, 1.165) is 0 Å². The lowest BCUT2D eigenvalue weighted by Crippen LogP contribution is -2.61. The SMILES string of the molecule is COc1ccc2oc3c(OC)c(OC)c(OC)c(OC4OC(COC5OCC(O)C(O)C5O)C(O)C(O)C4O)c3c(=O)c2c1. The van der Waals surface area contributed by atoms with Gasteiger partial charge in [-0.3, -0.25) is 4.79 Å². The first-order valence-electron chi connectivity index (χ1n) is 13.5. The van der Waals surface area contributed by atoms with Gasteiger partial charge >= 0.3 is 0 Å². The second kappa shape index (κ2) is 12.9. The lowest BCUT2D eigenvalue weighted by molar-refractivity contribution is -0.307. The Morgan fingerprint density at radius 2 is 1.43 bits per heavy atom. The van der Waals surface area contributed by atoms with E-state index in [4.69, 9.17) is 42.3 Å². The summed E-state index contributed by atoms with van der Waals surface area (Å²) >= 11 is 0. The maximum absolute atomic E-state index is 13.9. The van der Waals surface area contributed by atoms with Crippen molar-refractivity contribution in [2.75, 3.05) is 41.7 Å². The highest BCUT2D eigenvalue weighted by molar-refractivity contribution is 6.00. The third-order valence-corrected chi connectivity index (χ3v) is 7.54. The number of hydrogen-bond donors (Lipinski definition) is 6. The van der Waals surface area contributed by atoms with Gasteiger partial charge in [0, 0.05) is 0 Å². The molecule has 1 aromatic heterocycles. The van der Waals surface area contributed by atoms with Gasteiger partial charge < -0.3 is 73.0 Å². The number of hydrogen-bond acceptors (Lipinski definition) is 16. The Kier molecular flexibility index (Phi) is 9.36. The molecule has 2 fully saturated rings. The van der Waals surface area contributed by atoms with Crippen LogP contribution in [0.5, 0.6) is 28.7 Å². The number of rotatable bonds is 9. The summed E-state index contributed by atoms with van der Waals surface area (Å²) in [7, 11) is 5.36. The summed E-state index contributed by atoms with van der Waals surface area (Å²) in [4.78, 5) is 13.9. The van der Waals surface area contributed by atoms with Crippen molar-refractivity contribution in [3.8, 4) is 28.7 Å². The van der Waals surface area contributed by atoms with E-state index in [9.17, 15) is 35.4 Å². The zero-order chi connectivity index (χ0) is 31.9. The molecule has 44 heavy (non-hydrogen) atoms. The zero-order valence-corrected chi connectivity index (χ0v) is 24.1. The van der Waals surface area contributed by atoms with Crippen molar-refractivity contribution in [3.63, 3.8) is 0 Å². The molecule has 2 aromatic carbocycles. The van der Waals surface area contributed by atoms with Gasteiger partial charge in [-0.05, 0) is 18.2 Å². The first-order chi connectivity index (χ1) is 21.1. The van der Waals surface area contributed by atoms with Gasteiger partial charge in [0.1, 0.15) is 59.4 Å². The van der Waals surface area contributed by atoms with Gasteiger partial charge in [0.25, 0.3) is 0 Å². The number of fused-ring (bicyclic) bond motifs is 2. The van der Waals surface area contributed by atoms with E-state index < -0.39 is 67.3 Å². The van der Waals surface area contributed by atoms with Gasteiger partial charge in [0.05, 0.1) is 47.0 Å². The highest BCUT2D eigenvalue weighted by Gasteiger charge is 2.47. The van der Waals surface area contributed by atoms with Crippen LogP contribution in [0, 0.1) is 0 Å². The summed E-state index contributed by atoms with van der Waals surface area (Å²) in [5, 5.41) is 61.8. The minimum atomic E-state index is -1.85. The quantitative estimate of drug-likeness (QED) is 0.151. The average Bonchev–Trinajstić information content (AvgIpc) is 3.03. The Morgan fingerprint density at radius 3 is 2.09 bits per heavy atom. The average molecular weight is 627 g/mol. The minimum absolute atomic E-state index is 0.00621. The number of benzene rings is 2. The Balaban J connectivity index is 1.55. The van der Waals surface area contributed by atoms with Crippen molar-refractivity contribution in [2.45, 2.75) is 55.3 Å². The number of aliphatic hydroxyl groups excluding tert-OH is 6. The predicted octanol–water partition coefficient (Wildman–Crippen LogP) is -1.38. The molecule has 0 saturated carbocycles. The van der Waals surface area contributed by atoms with Crippen LogP contribution < -0.4 is 29.1 Å². The Bertz CT molecular complexity index is 1540. The largest absolute Gasteiger partial charge is 0.497 e. The molecule has 16 heteroatoms. The van der Waals surface area contributed by atoms with Gasteiger partial charge in [0.2, 0.25) is 29.0 Å². The van der Waals surface area contributed by atoms with E-state index in [-0.39, 0.29) is 51.5 Å². The highest BCUT2D eigenvalue weighted by atomic mass is 16.7. The summed E-state index contributed by atoms with van der Waals surface area (Å²) in [6.07, 6.45) is -14.4. The molecule has 2 saturated heterocycles. The first kappa shape index (κ1) is 32.0. The van der Waals surface area contributed by atoms with Crippen LogP contribution in [-0.2, 0) is 14.2 Å². The van der Waals surface area contributed by atoms with Crippen LogP contribution in [-0.4, -0.2) is 128 Å². The number of aliphatic hydroxyl groups is 6. The van der Waals surface area contributed by atoms with Gasteiger partial charge in [-0.2, -0.15) is 0 Å². The standard InChI is InChI=1S/C28H34O16/c1-36-10-5-6-13-11(7-10)16(30)15-22(42-13)24(37-2)26(39-4)25(38-3)23(15)44-28-21(35)19(33)18(32)14(43-28)9-41-27-20(34)17(31)12(29)8-40-27/h5-7,12,14,17-21,27-29,31-35H,8-9H2,1-4H3. The van der Waals surface area contributed by atoms with Crippen LogP contribution in [0.3, 0.4) is 0 Å². The van der Waals surface area contributed by atoms with Gasteiger partial charge in [-0.1, -0.05) is 0 Å². The highest BCUT2D eigenvalue weighted by Crippen LogP contribution is 2.51. The molecule has 9 atom stereocenters. The minimum Gasteiger partial charge on any atom is -0.497 e. The molecule has 3 aromatic rings. The van der Waals surface area contributed by atoms with Crippen LogP contribution in [0.15, 0.2) is 27.4 Å². The summed E-state index contributed by atoms with van der Waals surface area (Å²) in [6, 6.07) is 4.60. The maximum atomic E-state index is 13.9. The van der Waals surface area contributed by atoms with Crippen LogP contribution in [0.25, 0.3) is 21.9 Å². The molecule has 2 aliphatic heterocycles. The molecule has 0 radical (unpaired) electrons. The molecule has 0 amide bonds. The smallest absolute Gasteiger partial charge is 0.229 e. The number of ether oxygens (including phenoxy) is 8. The fourth-order valence-corrected chi connectivity index (χ4v) is 5.14. The molecule has 6 N–H and O–H groups in total. The van der Waals surface area contributed by atoms with Crippen LogP contribution >= 0.6 is 0 Å². The van der Waals surface area contributed by atoms with Crippen molar-refractivity contribution in [1.29, 1.82) is 0 Å². The third-order valence-electron chi connectivity index (χ3n) is 7.54. The van der Waals surface area contributed by atoms with Crippen molar-refractivity contribution in [2.24, 2.45) is 0 Å². The van der Waals surface area contributed by atoms with E-state index in [1.165, 1.54) is 40.6 Å². The predicted molar refractivity (Wildman–Crippen MR) is 147 cm³/mol. The molecule has 3 heterocycles. The molecule has 5 rings (SSSR count). The van der Waals surface area contributed by atoms with E-state index in [0.29, 0.717) is 5.75 Å². The molecule has 0 aliphatic carbocycles. The van der Waals surface area contributed by atoms with Crippen molar-refractivity contribution < 1.29 is 73.0 Å². The summed E-state index contributed by atoms with van der Waals surface area (Å²) in [5.74, 6) is -0.0785. The van der Waals surface area contributed by atoms with E-state index >= 15 is 0 Å². The molecule has 0 spiro atoms. The molecule has 242 valence electrons. The second-order valence-electron chi connectivity index (χ2n) is 10.1. The topological polar surface area (TPSA) is 225 Å². The third kappa shape index (κ3) is 5.48.